The molecule has 6 heteroatoms. The Morgan fingerprint density at radius 3 is 2.30 bits per heavy atom. The van der Waals surface area contributed by atoms with Crippen LogP contribution in [0.3, 0.4) is 0 Å². The number of halogens is 2. The number of carbonyl (C=O) groups excluding carboxylic acids is 2. The molecule has 2 amide bonds. The summed E-state index contributed by atoms with van der Waals surface area (Å²) < 4.78 is 0. The second-order valence-electron chi connectivity index (χ2n) is 9.98. The Morgan fingerprint density at radius 2 is 1.59 bits per heavy atom. The largest absolute Gasteiger partial charge is 0.352 e. The fraction of sp³-hybridized carbons (Fsp3) is 0.355. The van der Waals surface area contributed by atoms with E-state index in [0.29, 0.717) is 16.5 Å². The summed E-state index contributed by atoms with van der Waals surface area (Å²) in [5.74, 6) is -0.204. The topological polar surface area (TPSA) is 49.4 Å². The lowest BCUT2D eigenvalue weighted by molar-refractivity contribution is -0.141. The zero-order valence-electron chi connectivity index (χ0n) is 21.3. The highest BCUT2D eigenvalue weighted by Crippen LogP contribution is 2.25. The van der Waals surface area contributed by atoms with Gasteiger partial charge in [-0.25, -0.2) is 0 Å². The Balaban J connectivity index is 1.67. The maximum absolute atomic E-state index is 13.9. The van der Waals surface area contributed by atoms with Crippen LogP contribution in [0.25, 0.3) is 0 Å². The Labute approximate surface area is 230 Å². The molecule has 1 aliphatic carbocycles. The molecular formula is C31H34Cl2N2O2. The van der Waals surface area contributed by atoms with Gasteiger partial charge in [-0.2, -0.15) is 0 Å². The first-order valence-electron chi connectivity index (χ1n) is 13.0. The van der Waals surface area contributed by atoms with E-state index < -0.39 is 6.04 Å². The van der Waals surface area contributed by atoms with Gasteiger partial charge in [-0.1, -0.05) is 109 Å². The minimum Gasteiger partial charge on any atom is -0.352 e. The summed E-state index contributed by atoms with van der Waals surface area (Å²) in [6, 6.07) is 22.7. The van der Waals surface area contributed by atoms with E-state index in [2.05, 4.69) is 5.32 Å². The van der Waals surface area contributed by atoms with Crippen LogP contribution in [0.1, 0.15) is 54.4 Å². The van der Waals surface area contributed by atoms with Crippen molar-refractivity contribution in [3.63, 3.8) is 0 Å². The number of aryl methyl sites for hydroxylation is 1. The zero-order valence-corrected chi connectivity index (χ0v) is 22.8. The molecule has 3 aromatic rings. The van der Waals surface area contributed by atoms with Crippen LogP contribution in [0, 0.1) is 6.92 Å². The molecule has 1 saturated carbocycles. The Kier molecular flexibility index (Phi) is 9.65. The molecule has 1 aliphatic rings. The van der Waals surface area contributed by atoms with Gasteiger partial charge in [-0.3, -0.25) is 9.59 Å². The molecule has 194 valence electrons. The molecule has 3 aromatic carbocycles. The molecule has 0 aromatic heterocycles. The van der Waals surface area contributed by atoms with Crippen LogP contribution in [-0.2, 0) is 29.0 Å². The summed E-state index contributed by atoms with van der Waals surface area (Å²) in [6.45, 7) is 2.27. The van der Waals surface area contributed by atoms with Gasteiger partial charge in [0.05, 0.1) is 16.5 Å². The summed E-state index contributed by atoms with van der Waals surface area (Å²) in [4.78, 5) is 29.4. The normalized spacial score (nSPS) is 14.7. The quantitative estimate of drug-likeness (QED) is 0.322. The van der Waals surface area contributed by atoms with Gasteiger partial charge >= 0.3 is 0 Å². The van der Waals surface area contributed by atoms with Crippen molar-refractivity contribution in [2.24, 2.45) is 0 Å². The van der Waals surface area contributed by atoms with Crippen LogP contribution in [0.15, 0.2) is 72.8 Å². The first kappa shape index (κ1) is 27.2. The molecule has 0 aliphatic heterocycles. The summed E-state index contributed by atoms with van der Waals surface area (Å²) in [7, 11) is 0. The van der Waals surface area contributed by atoms with Crippen LogP contribution in [0.4, 0.5) is 0 Å². The van der Waals surface area contributed by atoms with E-state index in [9.17, 15) is 9.59 Å². The molecule has 4 rings (SSSR count). The Morgan fingerprint density at radius 1 is 0.865 bits per heavy atom. The van der Waals surface area contributed by atoms with Gasteiger partial charge in [-0.15, -0.1) is 0 Å². The molecule has 0 heterocycles. The van der Waals surface area contributed by atoms with E-state index in [1.807, 2.05) is 67.6 Å². The SMILES string of the molecule is Cc1cccc(CC(=O)N(Cc2ccc(Cl)c(Cl)c2)[C@H](Cc2ccccc2)C(=O)NC2CCCCC2)c1. The van der Waals surface area contributed by atoms with Gasteiger partial charge in [0.2, 0.25) is 11.8 Å². The molecule has 4 nitrogen and oxygen atoms in total. The number of nitrogens with zero attached hydrogens (tertiary/aromatic N) is 1. The van der Waals surface area contributed by atoms with Crippen LogP contribution in [0.5, 0.6) is 0 Å². The second-order valence-corrected chi connectivity index (χ2v) is 10.8. The molecule has 0 spiro atoms. The monoisotopic (exact) mass is 536 g/mol. The molecule has 0 saturated heterocycles. The number of benzene rings is 3. The average Bonchev–Trinajstić information content (AvgIpc) is 2.89. The summed E-state index contributed by atoms with van der Waals surface area (Å²) in [6.07, 6.45) is 6.05. The van der Waals surface area contributed by atoms with E-state index in [0.717, 1.165) is 47.9 Å². The molecule has 1 atom stereocenters. The Hall–Kier alpha value is -2.82. The molecule has 0 unspecified atom stereocenters. The van der Waals surface area contributed by atoms with E-state index >= 15 is 0 Å². The zero-order chi connectivity index (χ0) is 26.2. The number of amides is 2. The maximum atomic E-state index is 13.9. The van der Waals surface area contributed by atoms with E-state index in [-0.39, 0.29) is 30.8 Å². The average molecular weight is 538 g/mol. The summed E-state index contributed by atoms with van der Waals surface area (Å²) in [5.41, 5.74) is 3.86. The number of rotatable bonds is 9. The van der Waals surface area contributed by atoms with Gasteiger partial charge < -0.3 is 10.2 Å². The molecule has 37 heavy (non-hydrogen) atoms. The lowest BCUT2D eigenvalue weighted by Gasteiger charge is -2.33. The van der Waals surface area contributed by atoms with Gasteiger partial charge in [-0.05, 0) is 48.6 Å². The van der Waals surface area contributed by atoms with E-state index in [1.165, 1.54) is 6.42 Å². The van der Waals surface area contributed by atoms with Crippen LogP contribution in [-0.4, -0.2) is 28.8 Å². The smallest absolute Gasteiger partial charge is 0.243 e. The third-order valence-electron chi connectivity index (χ3n) is 7.00. The van der Waals surface area contributed by atoms with Crippen molar-refractivity contribution in [3.8, 4) is 0 Å². The number of hydrogen-bond acceptors (Lipinski definition) is 2. The van der Waals surface area contributed by atoms with Gasteiger partial charge in [0.15, 0.2) is 0 Å². The van der Waals surface area contributed by atoms with Crippen molar-refractivity contribution < 1.29 is 9.59 Å². The van der Waals surface area contributed by atoms with Gasteiger partial charge in [0.1, 0.15) is 6.04 Å². The highest BCUT2D eigenvalue weighted by Gasteiger charge is 2.32. The molecule has 1 fully saturated rings. The predicted molar refractivity (Wildman–Crippen MR) is 151 cm³/mol. The molecule has 0 radical (unpaired) electrons. The minimum absolute atomic E-state index is 0.101. The Bertz CT molecular complexity index is 1210. The number of nitrogens with one attached hydrogen (secondary N) is 1. The van der Waals surface area contributed by atoms with Crippen molar-refractivity contribution in [1.29, 1.82) is 0 Å². The third-order valence-corrected chi connectivity index (χ3v) is 7.74. The van der Waals surface area contributed by atoms with Crippen molar-refractivity contribution >= 4 is 35.0 Å². The first-order valence-corrected chi connectivity index (χ1v) is 13.8. The third kappa shape index (κ3) is 7.83. The summed E-state index contributed by atoms with van der Waals surface area (Å²) in [5, 5.41) is 4.16. The molecule has 1 N–H and O–H groups in total. The predicted octanol–water partition coefficient (Wildman–Crippen LogP) is 6.93. The van der Waals surface area contributed by atoms with Crippen molar-refractivity contribution in [3.05, 3.63) is 105 Å². The molecular weight excluding hydrogens is 503 g/mol. The van der Waals surface area contributed by atoms with E-state index in [1.54, 1.807) is 17.0 Å². The fourth-order valence-corrected chi connectivity index (χ4v) is 5.35. The van der Waals surface area contributed by atoms with Crippen molar-refractivity contribution in [2.45, 2.75) is 70.5 Å². The number of carbonyl (C=O) groups is 2. The molecule has 0 bridgehead atoms. The highest BCUT2D eigenvalue weighted by molar-refractivity contribution is 6.42. The van der Waals surface area contributed by atoms with Crippen molar-refractivity contribution in [1.82, 2.24) is 10.2 Å². The van der Waals surface area contributed by atoms with Crippen LogP contribution >= 0.6 is 23.2 Å². The van der Waals surface area contributed by atoms with Gasteiger partial charge in [0.25, 0.3) is 0 Å². The first-order chi connectivity index (χ1) is 17.9. The lowest BCUT2D eigenvalue weighted by Crippen LogP contribution is -2.53. The summed E-state index contributed by atoms with van der Waals surface area (Å²) >= 11 is 12.5. The fourth-order valence-electron chi connectivity index (χ4n) is 5.03. The second kappa shape index (κ2) is 13.1. The highest BCUT2D eigenvalue weighted by atomic mass is 35.5. The minimum atomic E-state index is -0.656. The van der Waals surface area contributed by atoms with Gasteiger partial charge in [0, 0.05) is 19.0 Å². The number of hydrogen-bond donors (Lipinski definition) is 1. The van der Waals surface area contributed by atoms with Crippen LogP contribution in [0.2, 0.25) is 10.0 Å². The standard InChI is InChI=1S/C31H34Cl2N2O2/c1-22-9-8-12-24(17-22)20-30(36)35(21-25-15-16-27(32)28(33)18-25)29(19-23-10-4-2-5-11-23)31(37)34-26-13-6-3-7-14-26/h2,4-5,8-12,15-18,26,29H,3,6-7,13-14,19-21H2,1H3,(H,34,37)/t29-/m1/s1. The van der Waals surface area contributed by atoms with E-state index in [4.69, 9.17) is 23.2 Å². The van der Waals surface area contributed by atoms with Crippen LogP contribution < -0.4 is 5.32 Å². The lowest BCUT2D eigenvalue weighted by atomic mass is 9.94. The maximum Gasteiger partial charge on any atom is 0.243 e. The van der Waals surface area contributed by atoms with Crippen molar-refractivity contribution in [2.75, 3.05) is 0 Å².